The zero-order valence-corrected chi connectivity index (χ0v) is 17.5. The highest BCUT2D eigenvalue weighted by molar-refractivity contribution is 7.13. The van der Waals surface area contributed by atoms with Crippen LogP contribution in [0.5, 0.6) is 5.75 Å². The number of hydrogen-bond acceptors (Lipinski definition) is 4. The van der Waals surface area contributed by atoms with Crippen molar-refractivity contribution >= 4 is 17.3 Å². The van der Waals surface area contributed by atoms with Gasteiger partial charge in [-0.3, -0.25) is 4.79 Å². The predicted octanol–water partition coefficient (Wildman–Crippen LogP) is 5.62. The summed E-state index contributed by atoms with van der Waals surface area (Å²) < 4.78 is 6.12. The van der Waals surface area contributed by atoms with Gasteiger partial charge in [0.1, 0.15) is 17.4 Å². The smallest absolute Gasteiger partial charge is 0.309 e. The van der Waals surface area contributed by atoms with Gasteiger partial charge in [0.05, 0.1) is 12.1 Å². The standard InChI is InChI=1S/C23H25NO3S/c1-15-5-10-20(19(11-15)23(2,3)4)27-13-16-6-8-17(9-7-16)22-24-18(14-28-22)12-21(25)26/h5-11,14H,12-13H2,1-4H3,(H,25,26). The molecule has 146 valence electrons. The van der Waals surface area contributed by atoms with E-state index in [1.54, 1.807) is 5.38 Å². The molecule has 3 aromatic rings. The fourth-order valence-corrected chi connectivity index (χ4v) is 3.76. The number of nitrogens with zero attached hydrogens (tertiary/aromatic N) is 1. The number of benzene rings is 2. The third-order valence-corrected chi connectivity index (χ3v) is 5.36. The number of aliphatic carboxylic acids is 1. The van der Waals surface area contributed by atoms with Gasteiger partial charge in [-0.1, -0.05) is 62.7 Å². The van der Waals surface area contributed by atoms with E-state index in [2.05, 4.69) is 44.8 Å². The summed E-state index contributed by atoms with van der Waals surface area (Å²) in [5.41, 5.74) is 5.10. The Balaban J connectivity index is 1.70. The third kappa shape index (κ3) is 4.98. The number of thiazole rings is 1. The first-order chi connectivity index (χ1) is 13.2. The van der Waals surface area contributed by atoms with Crippen molar-refractivity contribution in [3.8, 4) is 16.3 Å². The van der Waals surface area contributed by atoms with Gasteiger partial charge in [0.15, 0.2) is 0 Å². The number of ether oxygens (including phenoxy) is 1. The monoisotopic (exact) mass is 395 g/mol. The van der Waals surface area contributed by atoms with Crippen molar-refractivity contribution in [2.45, 2.75) is 46.1 Å². The molecule has 1 heterocycles. The zero-order valence-electron chi connectivity index (χ0n) is 16.7. The van der Waals surface area contributed by atoms with Crippen LogP contribution >= 0.6 is 11.3 Å². The summed E-state index contributed by atoms with van der Waals surface area (Å²) in [6.07, 6.45) is -0.0465. The van der Waals surface area contributed by atoms with Crippen molar-refractivity contribution in [3.05, 3.63) is 70.2 Å². The summed E-state index contributed by atoms with van der Waals surface area (Å²) in [7, 11) is 0. The van der Waals surface area contributed by atoms with Gasteiger partial charge in [-0.05, 0) is 29.5 Å². The maximum Gasteiger partial charge on any atom is 0.309 e. The number of aromatic nitrogens is 1. The first-order valence-electron chi connectivity index (χ1n) is 9.22. The topological polar surface area (TPSA) is 59.4 Å². The Hall–Kier alpha value is -2.66. The summed E-state index contributed by atoms with van der Waals surface area (Å²) >= 11 is 1.46. The molecule has 0 bridgehead atoms. The van der Waals surface area contributed by atoms with Gasteiger partial charge in [-0.25, -0.2) is 4.98 Å². The summed E-state index contributed by atoms with van der Waals surface area (Å²) in [6.45, 7) is 9.16. The molecule has 5 heteroatoms. The maximum atomic E-state index is 10.8. The number of hydrogen-bond donors (Lipinski definition) is 1. The van der Waals surface area contributed by atoms with Crippen molar-refractivity contribution in [1.29, 1.82) is 0 Å². The lowest BCUT2D eigenvalue weighted by Crippen LogP contribution is -2.13. The van der Waals surface area contributed by atoms with Gasteiger partial charge >= 0.3 is 5.97 Å². The van der Waals surface area contributed by atoms with E-state index in [1.807, 2.05) is 30.3 Å². The van der Waals surface area contributed by atoms with E-state index in [0.29, 0.717) is 12.3 Å². The molecule has 0 aliphatic carbocycles. The molecule has 0 fully saturated rings. The van der Waals surface area contributed by atoms with E-state index < -0.39 is 5.97 Å². The number of aryl methyl sites for hydroxylation is 1. The molecular weight excluding hydrogens is 370 g/mol. The van der Waals surface area contributed by atoms with Crippen LogP contribution in [0.1, 0.15) is 43.2 Å². The highest BCUT2D eigenvalue weighted by atomic mass is 32.1. The highest BCUT2D eigenvalue weighted by Crippen LogP contribution is 2.33. The Morgan fingerprint density at radius 3 is 2.50 bits per heavy atom. The van der Waals surface area contributed by atoms with Crippen molar-refractivity contribution < 1.29 is 14.6 Å². The van der Waals surface area contributed by atoms with E-state index in [1.165, 1.54) is 22.5 Å². The average Bonchev–Trinajstić information content (AvgIpc) is 3.08. The van der Waals surface area contributed by atoms with Gasteiger partial charge in [0, 0.05) is 10.9 Å². The summed E-state index contributed by atoms with van der Waals surface area (Å²) in [5.74, 6) is 0.0514. The van der Waals surface area contributed by atoms with Crippen molar-refractivity contribution in [3.63, 3.8) is 0 Å². The Bertz CT molecular complexity index is 968. The van der Waals surface area contributed by atoms with E-state index in [-0.39, 0.29) is 11.8 Å². The van der Waals surface area contributed by atoms with Crippen molar-refractivity contribution in [2.24, 2.45) is 0 Å². The van der Waals surface area contributed by atoms with Gasteiger partial charge in [0.2, 0.25) is 0 Å². The number of rotatable bonds is 6. The fourth-order valence-electron chi connectivity index (χ4n) is 2.94. The number of carboxylic acid groups (broad SMARTS) is 1. The normalized spacial score (nSPS) is 11.4. The van der Waals surface area contributed by atoms with Crippen LogP contribution in [0.2, 0.25) is 0 Å². The molecule has 0 unspecified atom stereocenters. The summed E-state index contributed by atoms with van der Waals surface area (Å²) in [4.78, 5) is 15.2. The minimum absolute atomic E-state index is 0.0176. The summed E-state index contributed by atoms with van der Waals surface area (Å²) in [6, 6.07) is 14.4. The average molecular weight is 396 g/mol. The number of carbonyl (C=O) groups is 1. The molecule has 0 aliphatic rings. The number of carboxylic acids is 1. The first kappa shape index (κ1) is 20.1. The molecule has 28 heavy (non-hydrogen) atoms. The van der Waals surface area contributed by atoms with Gasteiger partial charge < -0.3 is 9.84 Å². The second kappa shape index (κ2) is 8.15. The zero-order chi connectivity index (χ0) is 20.3. The summed E-state index contributed by atoms with van der Waals surface area (Å²) in [5, 5.41) is 11.5. The Morgan fingerprint density at radius 2 is 1.86 bits per heavy atom. The van der Waals surface area contributed by atoms with Crippen molar-refractivity contribution in [2.75, 3.05) is 0 Å². The van der Waals surface area contributed by atoms with E-state index >= 15 is 0 Å². The fraction of sp³-hybridized carbons (Fsp3) is 0.304. The highest BCUT2D eigenvalue weighted by Gasteiger charge is 2.19. The van der Waals surface area contributed by atoms with Crippen molar-refractivity contribution in [1.82, 2.24) is 4.98 Å². The quantitative estimate of drug-likeness (QED) is 0.588. The Morgan fingerprint density at radius 1 is 1.14 bits per heavy atom. The molecule has 1 N–H and O–H groups in total. The minimum atomic E-state index is -0.866. The largest absolute Gasteiger partial charge is 0.489 e. The molecule has 3 rings (SSSR count). The molecule has 0 saturated heterocycles. The van der Waals surface area contributed by atoms with E-state index in [0.717, 1.165) is 21.9 Å². The van der Waals surface area contributed by atoms with Gasteiger partial charge in [-0.15, -0.1) is 11.3 Å². The van der Waals surface area contributed by atoms with Crippen LogP contribution in [0.3, 0.4) is 0 Å². The Kier molecular flexibility index (Phi) is 5.84. The Labute approximate surface area is 169 Å². The van der Waals surface area contributed by atoms with Crippen LogP contribution in [0, 0.1) is 6.92 Å². The van der Waals surface area contributed by atoms with Crippen LogP contribution in [-0.4, -0.2) is 16.1 Å². The molecular formula is C23H25NO3S. The lowest BCUT2D eigenvalue weighted by molar-refractivity contribution is -0.136. The molecule has 0 saturated carbocycles. The molecule has 0 radical (unpaired) electrons. The molecule has 2 aromatic carbocycles. The minimum Gasteiger partial charge on any atom is -0.489 e. The van der Waals surface area contributed by atoms with Crippen LogP contribution in [0.25, 0.3) is 10.6 Å². The molecule has 0 amide bonds. The predicted molar refractivity (Wildman–Crippen MR) is 113 cm³/mol. The lowest BCUT2D eigenvalue weighted by Gasteiger charge is -2.23. The van der Waals surface area contributed by atoms with Gasteiger partial charge in [-0.2, -0.15) is 0 Å². The third-order valence-electron chi connectivity index (χ3n) is 4.42. The van der Waals surface area contributed by atoms with Gasteiger partial charge in [0.25, 0.3) is 0 Å². The van der Waals surface area contributed by atoms with Crippen LogP contribution < -0.4 is 4.74 Å². The second-order valence-corrected chi connectivity index (χ2v) is 8.81. The molecule has 4 nitrogen and oxygen atoms in total. The molecule has 0 spiro atoms. The van der Waals surface area contributed by atoms with Crippen LogP contribution in [0.15, 0.2) is 47.8 Å². The van der Waals surface area contributed by atoms with E-state index in [4.69, 9.17) is 9.84 Å². The second-order valence-electron chi connectivity index (χ2n) is 7.95. The van der Waals surface area contributed by atoms with Crippen LogP contribution in [0.4, 0.5) is 0 Å². The molecule has 1 aromatic heterocycles. The van der Waals surface area contributed by atoms with E-state index in [9.17, 15) is 4.79 Å². The maximum absolute atomic E-state index is 10.8. The van der Waals surface area contributed by atoms with Crippen LogP contribution in [-0.2, 0) is 23.2 Å². The molecule has 0 atom stereocenters. The first-order valence-corrected chi connectivity index (χ1v) is 10.1. The SMILES string of the molecule is Cc1ccc(OCc2ccc(-c3nc(CC(=O)O)cs3)cc2)c(C(C)(C)C)c1. The molecule has 0 aliphatic heterocycles. The lowest BCUT2D eigenvalue weighted by atomic mass is 9.85.